The second-order valence-electron chi connectivity index (χ2n) is 27.4. The molecule has 13 atom stereocenters. The molecule has 1 saturated heterocycles. The molecule has 2 heterocycles. The number of benzene rings is 3. The van der Waals surface area contributed by atoms with Crippen molar-refractivity contribution in [3.05, 3.63) is 102 Å². The molecule has 3 aromatic carbocycles. The van der Waals surface area contributed by atoms with Gasteiger partial charge in [0, 0.05) is 47.6 Å². The maximum atomic E-state index is 14.9. The van der Waals surface area contributed by atoms with E-state index in [0.717, 1.165) is 39.2 Å². The molecule has 25 N–H and O–H groups in total. The van der Waals surface area contributed by atoms with E-state index in [0.29, 0.717) is 29.3 Å². The third kappa shape index (κ3) is 31.4. The zero-order valence-corrected chi connectivity index (χ0v) is 63.9. The molecular weight excluding hydrogens is 1540 g/mol. The van der Waals surface area contributed by atoms with Gasteiger partial charge in [-0.3, -0.25) is 91.1 Å². The van der Waals surface area contributed by atoms with E-state index in [1.165, 1.54) is 24.3 Å². The van der Waals surface area contributed by atoms with E-state index < -0.39 is 261 Å². The maximum Gasteiger partial charge on any atom is 0.329 e. The second kappa shape index (κ2) is 46.6. The lowest BCUT2D eigenvalue weighted by molar-refractivity contribution is -0.156. The van der Waals surface area contributed by atoms with Gasteiger partial charge in [0.05, 0.1) is 51.8 Å². The van der Waals surface area contributed by atoms with E-state index in [1.807, 2.05) is 46.3 Å². The number of H-pyrrole nitrogens is 1. The highest BCUT2D eigenvalue weighted by molar-refractivity contribution is 6.05. The molecule has 0 unspecified atom stereocenters. The van der Waals surface area contributed by atoms with Crippen molar-refractivity contribution in [2.45, 2.75) is 183 Å². The average Bonchev–Trinajstić information content (AvgIpc) is 1.35. The smallest absolute Gasteiger partial charge is 0.329 e. The van der Waals surface area contributed by atoms with Crippen molar-refractivity contribution in [3.63, 3.8) is 0 Å². The summed E-state index contributed by atoms with van der Waals surface area (Å²) in [7, 11) is 0. The molecule has 1 aliphatic rings. The first-order valence-electron chi connectivity index (χ1n) is 36.9. The monoisotopic (exact) mass is 1640 g/mol. The summed E-state index contributed by atoms with van der Waals surface area (Å²) in [5, 5.41) is 78.7. The number of aryl methyl sites for hydroxylation is 1. The van der Waals surface area contributed by atoms with E-state index in [9.17, 15) is 121 Å². The van der Waals surface area contributed by atoms with Crippen LogP contribution in [-0.4, -0.2) is 248 Å². The number of ether oxygens (including phenoxy) is 1. The van der Waals surface area contributed by atoms with E-state index in [-0.39, 0.29) is 37.1 Å². The molecule has 14 amide bonds. The normalized spacial score (nSPS) is 21.0. The minimum Gasteiger partial charge on any atom is -0.481 e. The molecule has 1 fully saturated rings. The molecule has 0 spiro atoms. The van der Waals surface area contributed by atoms with Crippen LogP contribution in [0.5, 0.6) is 0 Å². The molecule has 43 nitrogen and oxygen atoms in total. The zero-order valence-electron chi connectivity index (χ0n) is 63.9. The van der Waals surface area contributed by atoms with Crippen LogP contribution in [-0.2, 0) is 109 Å². The van der Waals surface area contributed by atoms with Crippen LogP contribution in [0.2, 0.25) is 0 Å². The van der Waals surface area contributed by atoms with Crippen LogP contribution >= 0.6 is 0 Å². The molecule has 1 aromatic heterocycles. The molecule has 117 heavy (non-hydrogen) atoms. The van der Waals surface area contributed by atoms with Gasteiger partial charge < -0.3 is 122 Å². The number of aliphatic hydroxyl groups is 1. The number of amides is 14. The first-order valence-corrected chi connectivity index (χ1v) is 36.9. The number of unbranched alkanes of at least 4 members (excludes halogenated alkanes) is 2. The highest BCUT2D eigenvalue weighted by Gasteiger charge is 2.41. The Morgan fingerprint density at radius 2 is 1.09 bits per heavy atom. The molecule has 0 saturated carbocycles. The number of aliphatic hydroxyl groups excluding tert-OH is 1. The maximum absolute atomic E-state index is 14.9. The molecule has 634 valence electrons. The van der Waals surface area contributed by atoms with E-state index in [1.54, 1.807) is 30.5 Å². The number of ketones is 1. The Labute approximate surface area is 667 Å². The van der Waals surface area contributed by atoms with Crippen LogP contribution in [0.4, 0.5) is 5.69 Å². The Hall–Kier alpha value is -13.5. The number of carbonyl (C=O) groups is 20. The van der Waals surface area contributed by atoms with Crippen molar-refractivity contribution in [1.29, 1.82) is 0 Å². The summed E-state index contributed by atoms with van der Waals surface area (Å²) >= 11 is 0. The van der Waals surface area contributed by atoms with Gasteiger partial charge in [0.2, 0.25) is 82.7 Å². The Morgan fingerprint density at radius 1 is 0.538 bits per heavy atom. The SMILES string of the molecule is C[C@H]1NC(=O)[C@@H](CC(=O)O)NC(=O)[C@H](CCCN)NC(=O)CNC(=O)[C@@H](NC(=O)[C@H](CC(=O)O)NC(=O)[C@H](CC(N)=O)NC(=O)[C@H](Cc2c[nH]c3ccccc23)NC(=O)CCCCCc2ccccc2)[C@@H](C)OC(=O)[C@H](CC(=O)c2ccccc2N)NC(=O)[C@H]([C@@H](C)CC(=O)O)NC(=O)[C@@H](CO)NC(=O)CNC(=O)[C@H](CC(=O)O)NC1=O. The van der Waals surface area contributed by atoms with E-state index in [2.05, 4.69) is 58.2 Å². The number of hydrogen-bond acceptors (Lipinski definition) is 24. The first-order chi connectivity index (χ1) is 55.4. The number of Topliss-reactive ketones (excluding diaryl/α,β-unsaturated/α-hetero) is 1. The van der Waals surface area contributed by atoms with Gasteiger partial charge in [-0.25, -0.2) is 4.79 Å². The number of anilines is 1. The number of carbonyl (C=O) groups excluding carboxylic acids is 16. The third-order valence-corrected chi connectivity index (χ3v) is 18.1. The number of nitrogen functional groups attached to an aromatic ring is 1. The molecule has 5 rings (SSSR count). The minimum absolute atomic E-state index is 0.0593. The first kappa shape index (κ1) is 94.1. The summed E-state index contributed by atoms with van der Waals surface area (Å²) < 4.78 is 5.68. The van der Waals surface area contributed by atoms with Crippen LogP contribution in [0, 0.1) is 5.92 Å². The molecule has 1 aliphatic heterocycles. The number of primary amides is 1. The third-order valence-electron chi connectivity index (χ3n) is 18.1. The van der Waals surface area contributed by atoms with Gasteiger partial charge in [0.25, 0.3) is 0 Å². The number of cyclic esters (lactones) is 1. The number of hydrogen-bond donors (Lipinski definition) is 22. The highest BCUT2D eigenvalue weighted by atomic mass is 16.5. The van der Waals surface area contributed by atoms with Crippen molar-refractivity contribution < 1.29 is 126 Å². The molecule has 0 bridgehead atoms. The average molecular weight is 1640 g/mol. The summed E-state index contributed by atoms with van der Waals surface area (Å²) in [5.41, 5.74) is 19.1. The number of nitrogens with two attached hydrogens (primary N) is 3. The van der Waals surface area contributed by atoms with Gasteiger partial charge in [0.1, 0.15) is 72.6 Å². The van der Waals surface area contributed by atoms with Crippen molar-refractivity contribution in [1.82, 2.24) is 74.1 Å². The second-order valence-corrected chi connectivity index (χ2v) is 27.4. The topological polar surface area (TPSA) is 702 Å². The number of esters is 1. The van der Waals surface area contributed by atoms with E-state index >= 15 is 0 Å². The van der Waals surface area contributed by atoms with Crippen molar-refractivity contribution in [2.75, 3.05) is 32.0 Å². The fraction of sp³-hybridized carbons (Fsp3) is 0.459. The van der Waals surface area contributed by atoms with Crippen LogP contribution in [0.15, 0.2) is 85.1 Å². The summed E-state index contributed by atoms with van der Waals surface area (Å²) in [6.07, 6.45) is -5.97. The predicted molar refractivity (Wildman–Crippen MR) is 406 cm³/mol. The standard InChI is InChI=1S/C74H97N17O26/c1-36(25-58(98)99)62-73(115)89-51(27-53(93)42-19-10-12-20-43(42)76)74(116)117-38(3)63(72(114)80-34-56(96)82-45(22-14-24-75)66(108)87-49(30-60(102)103)67(109)81-37(2)64(106)85-48(29-59(100)101)65(107)79-33-57(97)84-52(35-92)71(113)90-62)91-70(112)50(31-61(104)105)88-69(111)47(28-54(77)94)86-68(110)46(26-40-32-78-44-21-13-11-18-41(40)44)83-55(95)23-9-5-8-17-39-15-6-4-7-16-39/h4,6-7,10-13,15-16,18-21,32,36-38,45-52,62-63,78,92H,5,8-9,14,17,22-31,33-35,75-76H2,1-3H3,(H2,77,94)(H,79,107)(H,80,114)(H,81,109)(H,82,96)(H,83,95)(H,84,97)(H,85,106)(H,86,110)(H,87,108)(H,88,111)(H,89,115)(H,90,113)(H,91,112)(H,98,99)(H,100,101)(H,102,103)(H,104,105)/t36-,37+,38+,45-,46-,47-,48-,49+,50-,51-,52+,62-,63-/m0/s1. The number of aromatic nitrogens is 1. The van der Waals surface area contributed by atoms with Gasteiger partial charge in [-0.2, -0.15) is 0 Å². The van der Waals surface area contributed by atoms with Gasteiger partial charge in [-0.05, 0) is 87.7 Å². The molecule has 4 aromatic rings. The molecule has 43 heteroatoms. The number of aliphatic carboxylic acids is 4. The number of fused-ring (bicyclic) bond motifs is 1. The lowest BCUT2D eigenvalue weighted by Crippen LogP contribution is -2.62. The lowest BCUT2D eigenvalue weighted by atomic mass is 9.96. The highest BCUT2D eigenvalue weighted by Crippen LogP contribution is 2.22. The van der Waals surface area contributed by atoms with Crippen molar-refractivity contribution in [2.24, 2.45) is 17.4 Å². The fourth-order valence-corrected chi connectivity index (χ4v) is 11.9. The summed E-state index contributed by atoms with van der Waals surface area (Å²) in [5.74, 6) is -29.8. The number of carboxylic acid groups (broad SMARTS) is 4. The van der Waals surface area contributed by atoms with Crippen molar-refractivity contribution >= 4 is 135 Å². The summed E-state index contributed by atoms with van der Waals surface area (Å²) in [6.45, 7) is -0.968. The van der Waals surface area contributed by atoms with Crippen LogP contribution in [0.3, 0.4) is 0 Å². The minimum atomic E-state index is -2.46. The Bertz CT molecular complexity index is 4310. The Kier molecular flexibility index (Phi) is 37.5. The summed E-state index contributed by atoms with van der Waals surface area (Å²) in [4.78, 5) is 277. The largest absolute Gasteiger partial charge is 0.481 e. The number of carboxylic acids is 4. The van der Waals surface area contributed by atoms with Gasteiger partial charge in [-0.1, -0.05) is 74.0 Å². The van der Waals surface area contributed by atoms with Crippen LogP contribution < -0.4 is 86.3 Å². The Morgan fingerprint density at radius 3 is 1.71 bits per heavy atom. The zero-order chi connectivity index (χ0) is 86.8. The van der Waals surface area contributed by atoms with Crippen LogP contribution in [0.1, 0.15) is 119 Å². The number of aromatic amines is 1. The van der Waals surface area contributed by atoms with E-state index in [4.69, 9.17) is 21.9 Å². The lowest BCUT2D eigenvalue weighted by Gasteiger charge is -2.30. The van der Waals surface area contributed by atoms with Gasteiger partial charge >= 0.3 is 29.8 Å². The molecule has 0 radical (unpaired) electrons. The fourth-order valence-electron chi connectivity index (χ4n) is 11.9. The number of nitrogens with one attached hydrogen (secondary N) is 14. The van der Waals surface area contributed by atoms with Gasteiger partial charge in [0.15, 0.2) is 5.78 Å². The Balaban J connectivity index is 1.58. The molecular formula is C74H97N17O26. The number of para-hydroxylation sites is 2. The summed E-state index contributed by atoms with van der Waals surface area (Å²) in [6, 6.07) is -1.07. The number of rotatable bonds is 33. The van der Waals surface area contributed by atoms with Crippen LogP contribution in [0.25, 0.3) is 10.9 Å². The molecule has 0 aliphatic carbocycles. The quantitative estimate of drug-likeness (QED) is 0.00914. The van der Waals surface area contributed by atoms with Crippen molar-refractivity contribution in [3.8, 4) is 0 Å². The predicted octanol–water partition coefficient (Wildman–Crippen LogP) is -5.96. The van der Waals surface area contributed by atoms with Gasteiger partial charge in [-0.15, -0.1) is 0 Å².